The van der Waals surface area contributed by atoms with Crippen molar-refractivity contribution in [3.05, 3.63) is 42.1 Å². The molecule has 3 aromatic rings. The van der Waals surface area contributed by atoms with Gasteiger partial charge in [-0.3, -0.25) is 4.79 Å². The van der Waals surface area contributed by atoms with Gasteiger partial charge in [0.2, 0.25) is 5.88 Å². The Labute approximate surface area is 149 Å². The molecule has 1 amide bonds. The minimum absolute atomic E-state index is 0.196. The van der Waals surface area contributed by atoms with Crippen molar-refractivity contribution < 1.29 is 9.53 Å². The number of pyridine rings is 1. The van der Waals surface area contributed by atoms with Gasteiger partial charge in [-0.25, -0.2) is 9.97 Å². The van der Waals surface area contributed by atoms with Crippen molar-refractivity contribution in [2.45, 2.75) is 12.8 Å². The third-order valence-corrected chi connectivity index (χ3v) is 5.30. The number of carbonyl (C=O) groups excluding carboxylic acids is 1. The Morgan fingerprint density at radius 3 is 2.80 bits per heavy atom. The highest BCUT2D eigenvalue weighted by Crippen LogP contribution is 2.32. The van der Waals surface area contributed by atoms with E-state index in [2.05, 4.69) is 15.2 Å². The van der Waals surface area contributed by atoms with Crippen molar-refractivity contribution in [1.29, 1.82) is 0 Å². The smallest absolute Gasteiger partial charge is 0.257 e. The Morgan fingerprint density at radius 1 is 1.24 bits per heavy atom. The molecule has 1 N–H and O–H groups in total. The average molecular weight is 354 g/mol. The quantitative estimate of drug-likeness (QED) is 0.776. The number of nitrogens with one attached hydrogen (secondary N) is 1. The molecule has 1 aromatic carbocycles. The van der Waals surface area contributed by atoms with Crippen molar-refractivity contribution in [2.75, 3.05) is 30.4 Å². The van der Waals surface area contributed by atoms with E-state index in [1.807, 2.05) is 18.2 Å². The highest BCUT2D eigenvalue weighted by atomic mass is 32.1. The van der Waals surface area contributed by atoms with Gasteiger partial charge in [-0.05, 0) is 37.1 Å². The maximum Gasteiger partial charge on any atom is 0.257 e. The monoisotopic (exact) mass is 354 g/mol. The number of thiazole rings is 1. The van der Waals surface area contributed by atoms with Crippen LogP contribution in [-0.2, 0) is 0 Å². The number of carbonyl (C=O) groups is 1. The van der Waals surface area contributed by atoms with E-state index in [9.17, 15) is 4.79 Å². The molecular weight excluding hydrogens is 336 g/mol. The summed E-state index contributed by atoms with van der Waals surface area (Å²) in [6.07, 6.45) is 3.96. The van der Waals surface area contributed by atoms with E-state index in [0.29, 0.717) is 11.4 Å². The molecule has 2 aromatic heterocycles. The Hall–Kier alpha value is -2.67. The lowest BCUT2D eigenvalue weighted by molar-refractivity contribution is 0.102. The number of methoxy groups -OCH3 is 1. The van der Waals surface area contributed by atoms with E-state index in [0.717, 1.165) is 34.1 Å². The summed E-state index contributed by atoms with van der Waals surface area (Å²) < 4.78 is 6.08. The van der Waals surface area contributed by atoms with Gasteiger partial charge in [-0.15, -0.1) is 0 Å². The minimum Gasteiger partial charge on any atom is -0.481 e. The number of anilines is 2. The lowest BCUT2D eigenvalue weighted by atomic mass is 10.2. The van der Waals surface area contributed by atoms with Crippen LogP contribution < -0.4 is 15.0 Å². The van der Waals surface area contributed by atoms with Gasteiger partial charge in [0.1, 0.15) is 0 Å². The van der Waals surface area contributed by atoms with Crippen molar-refractivity contribution in [1.82, 2.24) is 9.97 Å². The molecule has 1 saturated heterocycles. The normalized spacial score (nSPS) is 14.0. The summed E-state index contributed by atoms with van der Waals surface area (Å²) in [5, 5.41) is 3.98. The third-order valence-electron chi connectivity index (χ3n) is 4.22. The molecule has 3 heterocycles. The van der Waals surface area contributed by atoms with Crippen LogP contribution in [0.15, 0.2) is 36.5 Å². The van der Waals surface area contributed by atoms with Crippen LogP contribution in [0.1, 0.15) is 23.2 Å². The van der Waals surface area contributed by atoms with Crippen molar-refractivity contribution in [3.63, 3.8) is 0 Å². The molecule has 0 aliphatic carbocycles. The summed E-state index contributed by atoms with van der Waals surface area (Å²) in [4.78, 5) is 23.4. The van der Waals surface area contributed by atoms with Crippen LogP contribution in [0.5, 0.6) is 5.88 Å². The molecule has 1 aliphatic heterocycles. The zero-order chi connectivity index (χ0) is 17.2. The first-order chi connectivity index (χ1) is 12.2. The predicted octanol–water partition coefficient (Wildman–Crippen LogP) is 3.55. The first-order valence-electron chi connectivity index (χ1n) is 8.20. The van der Waals surface area contributed by atoms with Crippen molar-refractivity contribution in [3.8, 4) is 5.88 Å². The number of amides is 1. The Morgan fingerprint density at radius 2 is 2.08 bits per heavy atom. The summed E-state index contributed by atoms with van der Waals surface area (Å²) in [5.74, 6) is 0.288. The highest BCUT2D eigenvalue weighted by molar-refractivity contribution is 7.22. The topological polar surface area (TPSA) is 67.3 Å². The van der Waals surface area contributed by atoms with Crippen LogP contribution >= 0.6 is 11.3 Å². The van der Waals surface area contributed by atoms with Crippen LogP contribution in [-0.4, -0.2) is 36.1 Å². The molecular formula is C18H18N4O2S. The summed E-state index contributed by atoms with van der Waals surface area (Å²) in [6.45, 7) is 2.15. The number of fused-ring (bicyclic) bond motifs is 1. The lowest BCUT2D eigenvalue weighted by Crippen LogP contribution is -2.16. The highest BCUT2D eigenvalue weighted by Gasteiger charge is 2.16. The predicted molar refractivity (Wildman–Crippen MR) is 99.8 cm³/mol. The molecule has 7 heteroatoms. The fourth-order valence-corrected chi connectivity index (χ4v) is 3.93. The van der Waals surface area contributed by atoms with E-state index in [4.69, 9.17) is 9.72 Å². The van der Waals surface area contributed by atoms with Crippen molar-refractivity contribution in [2.24, 2.45) is 0 Å². The number of hydrogen-bond acceptors (Lipinski definition) is 6. The lowest BCUT2D eigenvalue weighted by Gasteiger charge is -2.11. The molecule has 4 rings (SSSR count). The molecule has 0 unspecified atom stereocenters. The van der Waals surface area contributed by atoms with Crippen LogP contribution in [0.4, 0.5) is 10.8 Å². The van der Waals surface area contributed by atoms with Gasteiger partial charge < -0.3 is 15.0 Å². The second-order valence-electron chi connectivity index (χ2n) is 5.92. The molecule has 1 aliphatic rings. The summed E-state index contributed by atoms with van der Waals surface area (Å²) in [6, 6.07) is 9.17. The molecule has 25 heavy (non-hydrogen) atoms. The van der Waals surface area contributed by atoms with E-state index >= 15 is 0 Å². The Bertz CT molecular complexity index is 901. The van der Waals surface area contributed by atoms with E-state index < -0.39 is 0 Å². The fourth-order valence-electron chi connectivity index (χ4n) is 2.87. The minimum atomic E-state index is -0.196. The molecule has 0 radical (unpaired) electrons. The third kappa shape index (κ3) is 3.28. The number of ether oxygens (including phenoxy) is 1. The van der Waals surface area contributed by atoms with Crippen LogP contribution in [0.3, 0.4) is 0 Å². The Balaban J connectivity index is 1.53. The fraction of sp³-hybridized carbons (Fsp3) is 0.278. The first-order valence-corrected chi connectivity index (χ1v) is 9.01. The van der Waals surface area contributed by atoms with Gasteiger partial charge >= 0.3 is 0 Å². The number of benzene rings is 1. The van der Waals surface area contributed by atoms with Crippen molar-refractivity contribution >= 4 is 38.3 Å². The van der Waals surface area contributed by atoms with Crippen LogP contribution in [0.25, 0.3) is 10.2 Å². The summed E-state index contributed by atoms with van der Waals surface area (Å²) in [7, 11) is 1.54. The number of aromatic nitrogens is 2. The van der Waals surface area contributed by atoms with Gasteiger partial charge in [-0.2, -0.15) is 0 Å². The van der Waals surface area contributed by atoms with Gasteiger partial charge in [0, 0.05) is 31.0 Å². The molecule has 0 atom stereocenters. The molecule has 1 fully saturated rings. The molecule has 0 spiro atoms. The SMILES string of the molecule is COc1ccc(C(=O)Nc2ccc3nc(N4CCCC4)sc3c2)cn1. The van der Waals surface area contributed by atoms with Gasteiger partial charge in [0.05, 0.1) is 22.9 Å². The summed E-state index contributed by atoms with van der Waals surface area (Å²) >= 11 is 1.67. The zero-order valence-corrected chi connectivity index (χ0v) is 14.7. The van der Waals surface area contributed by atoms with Gasteiger partial charge in [0.15, 0.2) is 5.13 Å². The number of nitrogens with zero attached hydrogens (tertiary/aromatic N) is 3. The molecule has 0 bridgehead atoms. The zero-order valence-electron chi connectivity index (χ0n) is 13.9. The van der Waals surface area contributed by atoms with E-state index in [1.165, 1.54) is 19.0 Å². The first kappa shape index (κ1) is 15.8. The maximum absolute atomic E-state index is 12.4. The Kier molecular flexibility index (Phi) is 4.23. The largest absolute Gasteiger partial charge is 0.481 e. The second kappa shape index (κ2) is 6.68. The van der Waals surface area contributed by atoms with E-state index in [1.54, 1.807) is 30.6 Å². The van der Waals surface area contributed by atoms with Crippen LogP contribution in [0.2, 0.25) is 0 Å². The average Bonchev–Trinajstić information content (AvgIpc) is 3.30. The van der Waals surface area contributed by atoms with Gasteiger partial charge in [0.25, 0.3) is 5.91 Å². The van der Waals surface area contributed by atoms with Gasteiger partial charge in [-0.1, -0.05) is 11.3 Å². The molecule has 128 valence electrons. The number of rotatable bonds is 4. The summed E-state index contributed by atoms with van der Waals surface area (Å²) in [5.41, 5.74) is 2.21. The van der Waals surface area contributed by atoms with Crippen LogP contribution in [0, 0.1) is 0 Å². The molecule has 0 saturated carbocycles. The van der Waals surface area contributed by atoms with E-state index in [-0.39, 0.29) is 5.91 Å². The second-order valence-corrected chi connectivity index (χ2v) is 6.93. The maximum atomic E-state index is 12.4. The molecule has 6 nitrogen and oxygen atoms in total. The standard InChI is InChI=1S/C18H18N4O2S/c1-24-16-7-4-12(11-19-16)17(23)20-13-5-6-14-15(10-13)25-18(21-14)22-8-2-3-9-22/h4-7,10-11H,2-3,8-9H2,1H3,(H,20,23). The number of hydrogen-bond donors (Lipinski definition) is 1.